The van der Waals surface area contributed by atoms with Gasteiger partial charge >= 0.3 is 0 Å². The molecular weight excluding hydrogens is 240 g/mol. The van der Waals surface area contributed by atoms with Gasteiger partial charge in [0.2, 0.25) is 0 Å². The van der Waals surface area contributed by atoms with E-state index in [9.17, 15) is 4.79 Å². The lowest BCUT2D eigenvalue weighted by atomic mass is 10.3. The van der Waals surface area contributed by atoms with Crippen LogP contribution in [0.15, 0.2) is 28.1 Å². The van der Waals surface area contributed by atoms with Gasteiger partial charge in [0.05, 0.1) is 11.5 Å². The molecule has 2 rings (SSSR count). The average molecular weight is 252 g/mol. The number of aliphatic hydroxyl groups is 1. The summed E-state index contributed by atoms with van der Waals surface area (Å²) in [7, 11) is 0. The zero-order valence-corrected chi connectivity index (χ0v) is 10.0. The van der Waals surface area contributed by atoms with Gasteiger partial charge in [0.15, 0.2) is 11.5 Å². The van der Waals surface area contributed by atoms with Gasteiger partial charge in [-0.15, -0.1) is 11.3 Å². The Bertz CT molecular complexity index is 493. The van der Waals surface area contributed by atoms with Gasteiger partial charge in [0.25, 0.3) is 5.91 Å². The molecule has 0 aliphatic heterocycles. The van der Waals surface area contributed by atoms with E-state index in [0.717, 1.165) is 4.88 Å². The lowest BCUT2D eigenvalue weighted by Crippen LogP contribution is -2.35. The monoisotopic (exact) mass is 252 g/mol. The Morgan fingerprint density at radius 2 is 2.53 bits per heavy atom. The fourth-order valence-corrected chi connectivity index (χ4v) is 1.93. The SMILES string of the molecule is C[C@@H](CO)NC(=O)c1cc(-c2cccs2)on1. The topological polar surface area (TPSA) is 75.4 Å². The summed E-state index contributed by atoms with van der Waals surface area (Å²) >= 11 is 1.51. The lowest BCUT2D eigenvalue weighted by Gasteiger charge is -2.07. The van der Waals surface area contributed by atoms with E-state index in [2.05, 4.69) is 10.5 Å². The minimum absolute atomic E-state index is 0.110. The molecule has 2 N–H and O–H groups in total. The molecule has 0 radical (unpaired) electrons. The Balaban J connectivity index is 2.11. The Morgan fingerprint density at radius 3 is 3.18 bits per heavy atom. The van der Waals surface area contributed by atoms with E-state index in [4.69, 9.17) is 9.63 Å². The molecule has 0 saturated heterocycles. The molecular formula is C11H12N2O3S. The third-order valence-electron chi connectivity index (χ3n) is 2.16. The Kier molecular flexibility index (Phi) is 3.55. The summed E-state index contributed by atoms with van der Waals surface area (Å²) in [4.78, 5) is 12.6. The van der Waals surface area contributed by atoms with Crippen molar-refractivity contribution in [3.63, 3.8) is 0 Å². The van der Waals surface area contributed by atoms with E-state index in [1.54, 1.807) is 13.0 Å². The molecule has 5 nitrogen and oxygen atoms in total. The standard InChI is InChI=1S/C11H12N2O3S/c1-7(6-14)12-11(15)8-5-9(16-13-8)10-3-2-4-17-10/h2-5,7,14H,6H2,1H3,(H,12,15)/t7-/m0/s1. The lowest BCUT2D eigenvalue weighted by molar-refractivity contribution is 0.0913. The second-order valence-corrected chi connectivity index (χ2v) is 4.56. The Labute approximate surface area is 102 Å². The van der Waals surface area contributed by atoms with Crippen molar-refractivity contribution in [2.45, 2.75) is 13.0 Å². The fraction of sp³-hybridized carbons (Fsp3) is 0.273. The van der Waals surface area contributed by atoms with Gasteiger partial charge in [-0.25, -0.2) is 0 Å². The predicted molar refractivity (Wildman–Crippen MR) is 63.8 cm³/mol. The smallest absolute Gasteiger partial charge is 0.273 e. The molecule has 1 atom stereocenters. The fourth-order valence-electron chi connectivity index (χ4n) is 1.26. The normalized spacial score (nSPS) is 12.4. The number of hydrogen-bond acceptors (Lipinski definition) is 5. The number of nitrogens with zero attached hydrogens (tertiary/aromatic N) is 1. The van der Waals surface area contributed by atoms with Gasteiger partial charge in [-0.05, 0) is 18.4 Å². The largest absolute Gasteiger partial charge is 0.394 e. The Hall–Kier alpha value is -1.66. The molecule has 0 aliphatic rings. The molecule has 1 amide bonds. The van der Waals surface area contributed by atoms with Gasteiger partial charge in [-0.1, -0.05) is 11.2 Å². The van der Waals surface area contributed by atoms with Crippen molar-refractivity contribution in [2.75, 3.05) is 6.61 Å². The first kappa shape index (κ1) is 11.8. The number of nitrogens with one attached hydrogen (secondary N) is 1. The molecule has 6 heteroatoms. The van der Waals surface area contributed by atoms with E-state index in [1.807, 2.05) is 17.5 Å². The van der Waals surface area contributed by atoms with Crippen LogP contribution in [0, 0.1) is 0 Å². The molecule has 2 aromatic rings. The second-order valence-electron chi connectivity index (χ2n) is 3.61. The van der Waals surface area contributed by atoms with Gasteiger partial charge < -0.3 is 14.9 Å². The third kappa shape index (κ3) is 2.72. The quantitative estimate of drug-likeness (QED) is 0.865. The summed E-state index contributed by atoms with van der Waals surface area (Å²) in [6.45, 7) is 1.60. The van der Waals surface area contributed by atoms with Crippen molar-refractivity contribution < 1.29 is 14.4 Å². The maximum absolute atomic E-state index is 11.7. The van der Waals surface area contributed by atoms with Crippen LogP contribution in [0.2, 0.25) is 0 Å². The number of aromatic nitrogens is 1. The summed E-state index contributed by atoms with van der Waals surface area (Å²) < 4.78 is 5.08. The minimum atomic E-state index is -0.349. The molecule has 0 saturated carbocycles. The Morgan fingerprint density at radius 1 is 1.71 bits per heavy atom. The van der Waals surface area contributed by atoms with E-state index in [1.165, 1.54) is 11.3 Å². The molecule has 0 bridgehead atoms. The molecule has 0 fully saturated rings. The second kappa shape index (κ2) is 5.11. The first-order chi connectivity index (χ1) is 8.20. The summed E-state index contributed by atoms with van der Waals surface area (Å²) in [6.07, 6.45) is 0. The van der Waals surface area contributed by atoms with E-state index in [0.29, 0.717) is 5.76 Å². The highest BCUT2D eigenvalue weighted by Gasteiger charge is 2.15. The summed E-state index contributed by atoms with van der Waals surface area (Å²) in [6, 6.07) is 5.08. The zero-order chi connectivity index (χ0) is 12.3. The molecule has 17 heavy (non-hydrogen) atoms. The number of carbonyl (C=O) groups is 1. The van der Waals surface area contributed by atoms with Crippen LogP contribution in [0.5, 0.6) is 0 Å². The first-order valence-corrected chi connectivity index (χ1v) is 6.01. The predicted octanol–water partition coefficient (Wildman–Crippen LogP) is 1.51. The number of thiophene rings is 1. The summed E-state index contributed by atoms with van der Waals surface area (Å²) in [5.41, 5.74) is 0.216. The molecule has 2 aromatic heterocycles. The highest BCUT2D eigenvalue weighted by atomic mass is 32.1. The highest BCUT2D eigenvalue weighted by molar-refractivity contribution is 7.13. The van der Waals surface area contributed by atoms with Crippen LogP contribution in [-0.2, 0) is 0 Å². The van der Waals surface area contributed by atoms with Gasteiger partial charge in [0.1, 0.15) is 0 Å². The van der Waals surface area contributed by atoms with Crippen molar-refractivity contribution >= 4 is 17.2 Å². The van der Waals surface area contributed by atoms with Crippen molar-refractivity contribution in [3.05, 3.63) is 29.3 Å². The van der Waals surface area contributed by atoms with Crippen LogP contribution in [0.1, 0.15) is 17.4 Å². The molecule has 0 aromatic carbocycles. The van der Waals surface area contributed by atoms with Gasteiger partial charge in [-0.2, -0.15) is 0 Å². The number of rotatable bonds is 4. The van der Waals surface area contributed by atoms with E-state index in [-0.39, 0.29) is 24.2 Å². The maximum atomic E-state index is 11.7. The molecule has 2 heterocycles. The van der Waals surface area contributed by atoms with Crippen molar-refractivity contribution in [1.29, 1.82) is 0 Å². The van der Waals surface area contributed by atoms with E-state index < -0.39 is 0 Å². The third-order valence-corrected chi connectivity index (χ3v) is 3.04. The van der Waals surface area contributed by atoms with Crippen LogP contribution in [0.4, 0.5) is 0 Å². The number of hydrogen-bond donors (Lipinski definition) is 2. The molecule has 0 spiro atoms. The summed E-state index contributed by atoms with van der Waals surface area (Å²) in [5.74, 6) is 0.222. The first-order valence-electron chi connectivity index (χ1n) is 5.13. The van der Waals surface area contributed by atoms with Crippen LogP contribution < -0.4 is 5.32 Å². The maximum Gasteiger partial charge on any atom is 0.273 e. The highest BCUT2D eigenvalue weighted by Crippen LogP contribution is 2.24. The minimum Gasteiger partial charge on any atom is -0.394 e. The number of aliphatic hydroxyl groups excluding tert-OH is 1. The average Bonchev–Trinajstić information content (AvgIpc) is 2.98. The molecule has 0 aliphatic carbocycles. The van der Waals surface area contributed by atoms with Crippen LogP contribution in [-0.4, -0.2) is 28.8 Å². The van der Waals surface area contributed by atoms with Gasteiger partial charge in [-0.3, -0.25) is 4.79 Å². The van der Waals surface area contributed by atoms with Crippen LogP contribution in [0.25, 0.3) is 10.6 Å². The summed E-state index contributed by atoms with van der Waals surface area (Å²) in [5, 5.41) is 17.0. The van der Waals surface area contributed by atoms with Crippen molar-refractivity contribution in [3.8, 4) is 10.6 Å². The van der Waals surface area contributed by atoms with Crippen LogP contribution in [0.3, 0.4) is 0 Å². The van der Waals surface area contributed by atoms with Crippen molar-refractivity contribution in [1.82, 2.24) is 10.5 Å². The number of carbonyl (C=O) groups excluding carboxylic acids is 1. The molecule has 90 valence electrons. The van der Waals surface area contributed by atoms with Crippen molar-refractivity contribution in [2.24, 2.45) is 0 Å². The van der Waals surface area contributed by atoms with Crippen LogP contribution >= 0.6 is 11.3 Å². The van der Waals surface area contributed by atoms with Gasteiger partial charge in [0, 0.05) is 12.1 Å². The molecule has 0 unspecified atom stereocenters. The zero-order valence-electron chi connectivity index (χ0n) is 9.21. The number of amides is 1. The van der Waals surface area contributed by atoms with E-state index >= 15 is 0 Å².